The second kappa shape index (κ2) is 28.3. The van der Waals surface area contributed by atoms with Crippen LogP contribution in [-0.2, 0) is 9.59 Å². The zero-order valence-electron chi connectivity index (χ0n) is 35.2. The van der Waals surface area contributed by atoms with Gasteiger partial charge in [-0.15, -0.1) is 22.7 Å². The van der Waals surface area contributed by atoms with Crippen molar-refractivity contribution in [3.8, 4) is 0 Å². The lowest BCUT2D eigenvalue weighted by molar-refractivity contribution is -0.124. The minimum Gasteiger partial charge on any atom is -0.306 e. The fraction of sp³-hybridized carbons (Fsp3) is 0.708. The molecule has 0 radical (unpaired) electrons. The topological polar surface area (TPSA) is 40.6 Å². The number of unbranched alkanes of at least 4 members (excludes halogenated alkanes) is 28. The van der Waals surface area contributed by atoms with Crippen LogP contribution in [-0.4, -0.2) is 34.7 Å². The van der Waals surface area contributed by atoms with Crippen molar-refractivity contribution in [3.63, 3.8) is 0 Å². The Hall–Kier alpha value is -1.22. The Balaban J connectivity index is 1.25. The van der Waals surface area contributed by atoms with Crippen LogP contribution in [0.15, 0.2) is 43.0 Å². The number of rotatable bonds is 34. The molecule has 0 N–H and O–H groups in total. The number of hydrogen-bond acceptors (Lipinski definition) is 4. The molecule has 2 aliphatic heterocycles. The highest BCUT2D eigenvalue weighted by Gasteiger charge is 2.49. The van der Waals surface area contributed by atoms with Gasteiger partial charge >= 0.3 is 0 Å². The van der Waals surface area contributed by atoms with Gasteiger partial charge in [0.25, 0.3) is 11.8 Å². The van der Waals surface area contributed by atoms with Crippen LogP contribution in [0.5, 0.6) is 0 Å². The molecule has 56 heavy (non-hydrogen) atoms. The molecular formula is C48H74Br2N2O2S2. The van der Waals surface area contributed by atoms with Crippen LogP contribution in [0.4, 0.5) is 0 Å². The molecule has 0 saturated heterocycles. The number of thiophene rings is 2. The Morgan fingerprint density at radius 1 is 0.393 bits per heavy atom. The van der Waals surface area contributed by atoms with Gasteiger partial charge in [0.15, 0.2) is 0 Å². The fourth-order valence-electron chi connectivity index (χ4n) is 8.50. The molecule has 2 aromatic rings. The third-order valence-corrected chi connectivity index (χ3v) is 15.0. The van der Waals surface area contributed by atoms with E-state index < -0.39 is 0 Å². The average molecular weight is 935 g/mol. The summed E-state index contributed by atoms with van der Waals surface area (Å²) in [4.78, 5) is 34.8. The van der Waals surface area contributed by atoms with E-state index in [4.69, 9.17) is 0 Å². The van der Waals surface area contributed by atoms with E-state index in [1.165, 1.54) is 167 Å². The van der Waals surface area contributed by atoms with E-state index in [2.05, 4.69) is 57.8 Å². The highest BCUT2D eigenvalue weighted by molar-refractivity contribution is 9.11. The van der Waals surface area contributed by atoms with Crippen LogP contribution in [0.2, 0.25) is 0 Å². The second-order valence-electron chi connectivity index (χ2n) is 16.5. The number of fused-ring (bicyclic) bond motifs is 1. The van der Waals surface area contributed by atoms with Gasteiger partial charge in [0.1, 0.15) is 0 Å². The van der Waals surface area contributed by atoms with E-state index in [9.17, 15) is 9.59 Å². The molecule has 0 aromatic carbocycles. The molecule has 8 heteroatoms. The largest absolute Gasteiger partial charge is 0.306 e. The monoisotopic (exact) mass is 932 g/mol. The van der Waals surface area contributed by atoms with Gasteiger partial charge in [-0.2, -0.15) is 0 Å². The quantitative estimate of drug-likeness (QED) is 0.0656. The molecule has 0 atom stereocenters. The van der Waals surface area contributed by atoms with Crippen molar-refractivity contribution in [1.82, 2.24) is 9.80 Å². The number of nitrogens with zero attached hydrogens (tertiary/aromatic N) is 2. The molecule has 2 aromatic heterocycles. The number of carbonyl (C=O) groups is 2. The lowest BCUT2D eigenvalue weighted by Gasteiger charge is -2.24. The van der Waals surface area contributed by atoms with E-state index in [-0.39, 0.29) is 11.8 Å². The van der Waals surface area contributed by atoms with Crippen molar-refractivity contribution >= 4 is 77.7 Å². The van der Waals surface area contributed by atoms with Gasteiger partial charge in [-0.1, -0.05) is 194 Å². The molecule has 4 nitrogen and oxygen atoms in total. The molecule has 2 amide bonds. The van der Waals surface area contributed by atoms with Crippen LogP contribution in [0.25, 0.3) is 11.4 Å². The van der Waals surface area contributed by atoms with E-state index in [1.54, 1.807) is 22.7 Å². The highest BCUT2D eigenvalue weighted by atomic mass is 79.9. The van der Waals surface area contributed by atoms with E-state index in [0.29, 0.717) is 24.2 Å². The third-order valence-electron chi connectivity index (χ3n) is 11.8. The second-order valence-corrected chi connectivity index (χ2v) is 21.4. The molecule has 314 valence electrons. The number of halogens is 2. The summed E-state index contributed by atoms with van der Waals surface area (Å²) in [6.45, 7) is 5.88. The SMILES string of the molecule is CCCCCCCCCCCCCCCCCN1C(=O)C2=C(c3ccc(Br)s3)N(CCCCCCCCCCCCCCCCC)C(=O)C2=C1c1ccc(Br)s1. The van der Waals surface area contributed by atoms with Gasteiger partial charge in [-0.05, 0) is 69.0 Å². The van der Waals surface area contributed by atoms with Crippen LogP contribution in [0, 0.1) is 0 Å². The van der Waals surface area contributed by atoms with Crippen molar-refractivity contribution in [2.75, 3.05) is 13.1 Å². The smallest absolute Gasteiger partial charge is 0.261 e. The predicted octanol–water partition coefficient (Wildman–Crippen LogP) is 16.9. The lowest BCUT2D eigenvalue weighted by Crippen LogP contribution is -2.30. The maximum Gasteiger partial charge on any atom is 0.261 e. The summed E-state index contributed by atoms with van der Waals surface area (Å²) in [5.41, 5.74) is 2.88. The summed E-state index contributed by atoms with van der Waals surface area (Å²) in [5, 5.41) is 0. The maximum absolute atomic E-state index is 14.5. The van der Waals surface area contributed by atoms with Crippen molar-refractivity contribution in [1.29, 1.82) is 0 Å². The average Bonchev–Trinajstić information content (AvgIpc) is 3.95. The molecule has 0 spiro atoms. The summed E-state index contributed by atoms with van der Waals surface area (Å²) in [5.74, 6) is -0.00602. The minimum absolute atomic E-state index is 0.00301. The fourth-order valence-corrected chi connectivity index (χ4v) is 11.4. The Morgan fingerprint density at radius 2 is 0.643 bits per heavy atom. The molecular weight excluding hydrogens is 860 g/mol. The van der Waals surface area contributed by atoms with Crippen molar-refractivity contribution < 1.29 is 9.59 Å². The molecule has 2 aliphatic rings. The predicted molar refractivity (Wildman–Crippen MR) is 251 cm³/mol. The Morgan fingerprint density at radius 3 is 0.875 bits per heavy atom. The minimum atomic E-state index is -0.00301. The van der Waals surface area contributed by atoms with E-state index in [0.717, 1.165) is 54.4 Å². The summed E-state index contributed by atoms with van der Waals surface area (Å²) < 4.78 is 2.03. The molecule has 0 bridgehead atoms. The van der Waals surface area contributed by atoms with Crippen LogP contribution in [0.3, 0.4) is 0 Å². The molecule has 0 unspecified atom stereocenters. The summed E-state index contributed by atoms with van der Waals surface area (Å²) in [7, 11) is 0. The molecule has 4 rings (SSSR count). The standard InChI is InChI=1S/C48H74Br2N2O2S2/c1-3-5-7-9-11-13-15-17-19-21-23-25-27-29-31-37-51-45(39-33-35-41(49)55-39)43-44(47(51)53)46(40-34-36-42(50)56-40)52(48(43)54)38-32-30-28-26-24-22-20-18-16-14-12-10-8-6-4-2/h33-36H,3-32,37-38H2,1-2H3. The summed E-state index contributed by atoms with van der Waals surface area (Å²) in [6.07, 6.45) is 39.5. The summed E-state index contributed by atoms with van der Waals surface area (Å²) >= 11 is 10.5. The molecule has 4 heterocycles. The zero-order chi connectivity index (χ0) is 39.8. The van der Waals surface area contributed by atoms with E-state index in [1.807, 2.05) is 21.9 Å². The van der Waals surface area contributed by atoms with Gasteiger partial charge in [-0.3, -0.25) is 9.59 Å². The van der Waals surface area contributed by atoms with Crippen molar-refractivity contribution in [2.45, 2.75) is 206 Å². The molecule has 0 aliphatic carbocycles. The van der Waals surface area contributed by atoms with Crippen LogP contribution < -0.4 is 0 Å². The first-order valence-electron chi connectivity index (χ1n) is 23.1. The highest BCUT2D eigenvalue weighted by Crippen LogP contribution is 2.49. The van der Waals surface area contributed by atoms with Crippen LogP contribution in [0.1, 0.15) is 216 Å². The normalized spacial score (nSPS) is 14.4. The summed E-state index contributed by atoms with van der Waals surface area (Å²) in [6, 6.07) is 8.21. The number of hydrogen-bond donors (Lipinski definition) is 0. The first-order valence-corrected chi connectivity index (χ1v) is 26.3. The maximum atomic E-state index is 14.5. The van der Waals surface area contributed by atoms with Gasteiger partial charge in [0, 0.05) is 13.1 Å². The molecule has 0 fully saturated rings. The van der Waals surface area contributed by atoms with E-state index >= 15 is 0 Å². The zero-order valence-corrected chi connectivity index (χ0v) is 40.0. The van der Waals surface area contributed by atoms with Gasteiger partial charge in [0.05, 0.1) is 39.9 Å². The lowest BCUT2D eigenvalue weighted by atomic mass is 10.0. The number of carbonyl (C=O) groups excluding carboxylic acids is 2. The molecule has 0 saturated carbocycles. The van der Waals surface area contributed by atoms with Crippen molar-refractivity contribution in [2.24, 2.45) is 0 Å². The van der Waals surface area contributed by atoms with Gasteiger partial charge < -0.3 is 9.80 Å². The van der Waals surface area contributed by atoms with Gasteiger partial charge in [0.2, 0.25) is 0 Å². The Labute approximate surface area is 367 Å². The first kappa shape index (κ1) is 47.5. The van der Waals surface area contributed by atoms with Crippen LogP contribution >= 0.6 is 54.5 Å². The Bertz CT molecular complexity index is 1380. The first-order chi connectivity index (χ1) is 27.5. The van der Waals surface area contributed by atoms with Gasteiger partial charge in [-0.25, -0.2) is 0 Å². The number of amides is 2. The third kappa shape index (κ3) is 15.8. The van der Waals surface area contributed by atoms with Crippen molar-refractivity contribution in [3.05, 3.63) is 52.7 Å². The Kier molecular flexibility index (Phi) is 24.0.